The second-order valence-corrected chi connectivity index (χ2v) is 13.3. The molecule has 8 nitrogen and oxygen atoms in total. The number of alkyl carbamates (subject to hydrolysis) is 1. The number of likely N-dealkylation sites (tertiary alicyclic amines) is 1. The van der Waals surface area contributed by atoms with Gasteiger partial charge in [-0.2, -0.15) is 5.26 Å². The third-order valence-electron chi connectivity index (χ3n) is 10.6. The second-order valence-electron chi connectivity index (χ2n) is 13.3. The highest BCUT2D eigenvalue weighted by molar-refractivity contribution is 5.67. The average molecular weight is 613 g/mol. The molecule has 3 heterocycles. The summed E-state index contributed by atoms with van der Waals surface area (Å²) >= 11 is 0. The van der Waals surface area contributed by atoms with E-state index in [1.165, 1.54) is 11.8 Å². The zero-order valence-electron chi connectivity index (χ0n) is 26.7. The van der Waals surface area contributed by atoms with E-state index < -0.39 is 11.5 Å². The molecule has 1 unspecified atom stereocenters. The predicted octanol–water partition coefficient (Wildman–Crippen LogP) is 5.82. The third-order valence-corrected chi connectivity index (χ3v) is 10.6. The second kappa shape index (κ2) is 13.2. The van der Waals surface area contributed by atoms with Crippen LogP contribution in [-0.2, 0) is 16.7 Å². The molecule has 1 aromatic heterocycles. The van der Waals surface area contributed by atoms with Crippen LogP contribution >= 0.6 is 0 Å². The maximum Gasteiger partial charge on any atom is 0.407 e. The summed E-state index contributed by atoms with van der Waals surface area (Å²) in [7, 11) is 1.60. The summed E-state index contributed by atoms with van der Waals surface area (Å²) in [5.41, 5.74) is 3.41. The normalized spacial score (nSPS) is 22.4. The van der Waals surface area contributed by atoms with Gasteiger partial charge in [-0.15, -0.1) is 0 Å². The molecule has 2 aliphatic heterocycles. The average Bonchev–Trinajstić information content (AvgIpc) is 3.62. The maximum absolute atomic E-state index is 15.0. The maximum atomic E-state index is 15.0. The number of hydrogen-bond donors (Lipinski definition) is 1. The number of halogens is 1. The fraction of sp³-hybridized carbons (Fsp3) is 0.528. The molecular formula is C36H45FN6O2. The number of aryl methyl sites for hydroxylation is 2. The van der Waals surface area contributed by atoms with Crippen LogP contribution < -0.4 is 10.2 Å². The molecule has 45 heavy (non-hydrogen) atoms. The predicted molar refractivity (Wildman–Crippen MR) is 172 cm³/mol. The third kappa shape index (κ3) is 6.44. The van der Waals surface area contributed by atoms with Gasteiger partial charge in [0.15, 0.2) is 0 Å². The molecule has 1 saturated carbocycles. The van der Waals surface area contributed by atoms with E-state index in [0.29, 0.717) is 18.0 Å². The highest BCUT2D eigenvalue weighted by atomic mass is 19.1. The highest BCUT2D eigenvalue weighted by Crippen LogP contribution is 2.52. The molecule has 3 fully saturated rings. The molecule has 3 atom stereocenters. The Balaban J connectivity index is 1.24. The molecule has 6 rings (SSSR count). The summed E-state index contributed by atoms with van der Waals surface area (Å²) in [6.07, 6.45) is 6.18. The Bertz CT molecular complexity index is 1520. The number of hydrogen-bond acceptors (Lipinski definition) is 6. The Kier molecular flexibility index (Phi) is 9.14. The van der Waals surface area contributed by atoms with Gasteiger partial charge in [-0.1, -0.05) is 12.1 Å². The van der Waals surface area contributed by atoms with Gasteiger partial charge in [-0.25, -0.2) is 14.2 Å². The quantitative estimate of drug-likeness (QED) is 0.328. The van der Waals surface area contributed by atoms with E-state index in [2.05, 4.69) is 38.0 Å². The van der Waals surface area contributed by atoms with Crippen LogP contribution in [0.25, 0.3) is 0 Å². The van der Waals surface area contributed by atoms with E-state index in [0.717, 1.165) is 81.9 Å². The Morgan fingerprint density at radius 2 is 1.87 bits per heavy atom. The number of carbonyl (C=O) groups is 1. The number of nitrogens with zero attached hydrogens (tertiary/aromatic N) is 5. The first kappa shape index (κ1) is 31.1. The van der Waals surface area contributed by atoms with E-state index in [4.69, 9.17) is 15.0 Å². The van der Waals surface area contributed by atoms with Crippen molar-refractivity contribution >= 4 is 11.8 Å². The van der Waals surface area contributed by atoms with E-state index in [-0.39, 0.29) is 23.8 Å². The lowest BCUT2D eigenvalue weighted by molar-refractivity contribution is 0.00167. The molecule has 0 radical (unpaired) electrons. The summed E-state index contributed by atoms with van der Waals surface area (Å²) in [5, 5.41) is 11.8. The molecule has 0 bridgehead atoms. The fourth-order valence-corrected chi connectivity index (χ4v) is 8.47. The van der Waals surface area contributed by atoms with E-state index >= 15 is 4.39 Å². The van der Waals surface area contributed by atoms with Crippen LogP contribution in [0.5, 0.6) is 0 Å². The van der Waals surface area contributed by atoms with Crippen molar-refractivity contribution in [2.75, 3.05) is 44.7 Å². The largest absolute Gasteiger partial charge is 0.446 e. The lowest BCUT2D eigenvalue weighted by Gasteiger charge is -2.51. The lowest BCUT2D eigenvalue weighted by Crippen LogP contribution is -2.55. The molecule has 9 heteroatoms. The number of imidazole rings is 1. The van der Waals surface area contributed by atoms with Crippen LogP contribution in [0, 0.1) is 48.7 Å². The number of carbonyl (C=O) groups excluding carboxylic acids is 1. The number of rotatable bonds is 9. The molecule has 238 valence electrons. The van der Waals surface area contributed by atoms with Gasteiger partial charge in [0.05, 0.1) is 17.3 Å². The van der Waals surface area contributed by atoms with Crippen molar-refractivity contribution < 1.29 is 13.9 Å². The van der Waals surface area contributed by atoms with Crippen molar-refractivity contribution in [3.8, 4) is 6.07 Å². The van der Waals surface area contributed by atoms with E-state index in [1.54, 1.807) is 13.1 Å². The first-order valence-electron chi connectivity index (χ1n) is 16.4. The van der Waals surface area contributed by atoms with Crippen molar-refractivity contribution in [2.45, 2.75) is 64.0 Å². The number of anilines is 1. The van der Waals surface area contributed by atoms with Crippen LogP contribution in [0.1, 0.15) is 54.7 Å². The van der Waals surface area contributed by atoms with Gasteiger partial charge in [0, 0.05) is 62.4 Å². The molecule has 2 aromatic carbocycles. The SMILES string of the molecule is CNC(=O)O[C@H]1CCC[C@@H]1C(Cn1cc(C)nc1C)(c1cccc(F)c1)C1CCN(CC2CN(c3ccc(C#N)cc3)C2)CC1. The zero-order chi connectivity index (χ0) is 31.6. The van der Waals surface area contributed by atoms with Crippen molar-refractivity contribution in [1.82, 2.24) is 19.8 Å². The van der Waals surface area contributed by atoms with Gasteiger partial charge < -0.3 is 24.4 Å². The van der Waals surface area contributed by atoms with Crippen molar-refractivity contribution in [3.05, 3.63) is 83.2 Å². The summed E-state index contributed by atoms with van der Waals surface area (Å²) in [6.45, 7) is 9.83. The summed E-state index contributed by atoms with van der Waals surface area (Å²) < 4.78 is 23.3. The van der Waals surface area contributed by atoms with Crippen LogP contribution in [0.3, 0.4) is 0 Å². The molecular weight excluding hydrogens is 567 g/mol. The van der Waals surface area contributed by atoms with Gasteiger partial charge in [-0.05, 0) is 107 Å². The first-order valence-corrected chi connectivity index (χ1v) is 16.4. The summed E-state index contributed by atoms with van der Waals surface area (Å²) in [5.74, 6) is 1.67. The minimum absolute atomic E-state index is 0.0582. The van der Waals surface area contributed by atoms with Crippen LogP contribution in [-0.4, -0.2) is 66.4 Å². The topological polar surface area (TPSA) is 86.4 Å². The number of amides is 1. The highest BCUT2D eigenvalue weighted by Gasteiger charge is 2.53. The zero-order valence-corrected chi connectivity index (χ0v) is 26.7. The Morgan fingerprint density at radius 3 is 2.51 bits per heavy atom. The summed E-state index contributed by atoms with van der Waals surface area (Å²) in [6, 6.07) is 17.2. The Hall–Kier alpha value is -3.90. The van der Waals surface area contributed by atoms with E-state index in [9.17, 15) is 4.79 Å². The number of piperidine rings is 1. The Morgan fingerprint density at radius 1 is 1.11 bits per heavy atom. The summed E-state index contributed by atoms with van der Waals surface area (Å²) in [4.78, 5) is 22.2. The number of nitrogens with one attached hydrogen (secondary N) is 1. The molecule has 3 aliphatic rings. The fourth-order valence-electron chi connectivity index (χ4n) is 8.47. The van der Waals surface area contributed by atoms with Gasteiger partial charge in [0.25, 0.3) is 0 Å². The Labute approximate surface area is 266 Å². The van der Waals surface area contributed by atoms with Crippen LogP contribution in [0.2, 0.25) is 0 Å². The molecule has 2 saturated heterocycles. The minimum atomic E-state index is -0.426. The monoisotopic (exact) mass is 612 g/mol. The van der Waals surface area contributed by atoms with Crippen molar-refractivity contribution in [2.24, 2.45) is 17.8 Å². The number of aromatic nitrogens is 2. The van der Waals surface area contributed by atoms with Crippen LogP contribution in [0.15, 0.2) is 54.7 Å². The van der Waals surface area contributed by atoms with Gasteiger partial charge in [-0.3, -0.25) is 0 Å². The number of nitriles is 1. The molecule has 1 aliphatic carbocycles. The first-order chi connectivity index (χ1) is 21.8. The van der Waals surface area contributed by atoms with Gasteiger partial charge in [0.1, 0.15) is 17.7 Å². The van der Waals surface area contributed by atoms with Crippen LogP contribution in [0.4, 0.5) is 14.9 Å². The van der Waals surface area contributed by atoms with Gasteiger partial charge >= 0.3 is 6.09 Å². The minimum Gasteiger partial charge on any atom is -0.446 e. The molecule has 1 N–H and O–H groups in total. The van der Waals surface area contributed by atoms with Crippen molar-refractivity contribution in [3.63, 3.8) is 0 Å². The number of benzene rings is 2. The standard InChI is InChI=1S/C36H45FN6O2/c1-25-20-43(26(2)40-25)24-36(30-6-4-7-31(37)18-30,33-8-5-9-34(33)45-35(44)39-3)29-14-16-41(17-15-29)21-28-22-42(23-28)32-12-10-27(19-38)11-13-32/h4,6-7,10-13,18,20,28-29,33-34H,5,8-9,14-17,21-24H2,1-3H3,(H,39,44)/t33-,34-,36?/m0/s1. The van der Waals surface area contributed by atoms with Gasteiger partial charge in [0.2, 0.25) is 0 Å². The molecule has 1 amide bonds. The molecule has 3 aromatic rings. The number of ether oxygens (including phenoxy) is 1. The van der Waals surface area contributed by atoms with Crippen molar-refractivity contribution in [1.29, 1.82) is 5.26 Å². The lowest BCUT2D eigenvalue weighted by atomic mass is 9.58. The molecule has 0 spiro atoms. The van der Waals surface area contributed by atoms with E-state index in [1.807, 2.05) is 44.2 Å². The smallest absolute Gasteiger partial charge is 0.407 e.